The van der Waals surface area contributed by atoms with Gasteiger partial charge in [0, 0.05) is 5.56 Å². The molecule has 2 N–H and O–H groups in total. The van der Waals surface area contributed by atoms with E-state index in [1.807, 2.05) is 0 Å². The van der Waals surface area contributed by atoms with Gasteiger partial charge < -0.3 is 9.84 Å². The van der Waals surface area contributed by atoms with Crippen molar-refractivity contribution in [1.29, 1.82) is 0 Å². The molecule has 0 amide bonds. The first-order valence-corrected chi connectivity index (χ1v) is 9.42. The Hall–Kier alpha value is -2.35. The predicted molar refractivity (Wildman–Crippen MR) is 85.6 cm³/mol. The second-order valence-electron chi connectivity index (χ2n) is 4.62. The van der Waals surface area contributed by atoms with Gasteiger partial charge in [-0.2, -0.15) is 21.0 Å². The summed E-state index contributed by atoms with van der Waals surface area (Å²) in [5, 5.41) is 9.52. The Morgan fingerprint density at radius 1 is 0.923 bits per heavy atom. The molecule has 1 unspecified atom stereocenters. The Kier molecular flexibility index (Phi) is 6.07. The fourth-order valence-electron chi connectivity index (χ4n) is 1.85. The van der Waals surface area contributed by atoms with Crippen molar-refractivity contribution in [3.05, 3.63) is 65.7 Å². The molecule has 2 rings (SSSR count). The van der Waals surface area contributed by atoms with E-state index in [4.69, 9.17) is 9.29 Å². The number of aliphatic hydroxyl groups is 1. The summed E-state index contributed by atoms with van der Waals surface area (Å²) in [4.78, 5) is 12.5. The predicted octanol–water partition coefficient (Wildman–Crippen LogP) is 0.653. The number of carbonyl (C=O) groups is 1. The monoisotopic (exact) mass is 404 g/mol. The maximum atomic E-state index is 12.5. The van der Waals surface area contributed by atoms with Crippen molar-refractivity contribution < 1.29 is 43.8 Å². The zero-order valence-electron chi connectivity index (χ0n) is 12.8. The summed E-state index contributed by atoms with van der Waals surface area (Å²) in [6.45, 7) is -2.55. The van der Waals surface area contributed by atoms with Gasteiger partial charge in [0.25, 0.3) is 0 Å². The highest BCUT2D eigenvalue weighted by atomic mass is 32.3. The maximum absolute atomic E-state index is 12.5. The van der Waals surface area contributed by atoms with Crippen molar-refractivity contribution in [2.24, 2.45) is 0 Å². The molecule has 1 atom stereocenters. The van der Waals surface area contributed by atoms with Crippen LogP contribution in [0.15, 0.2) is 54.6 Å². The molecule has 0 saturated heterocycles. The topological polar surface area (TPSA) is 154 Å². The molecule has 0 aliphatic heterocycles. The van der Waals surface area contributed by atoms with Crippen LogP contribution in [0.5, 0.6) is 5.75 Å². The molecular weight excluding hydrogens is 392 g/mol. The molecule has 0 radical (unpaired) electrons. The first-order valence-electron chi connectivity index (χ1n) is 6.73. The summed E-state index contributed by atoms with van der Waals surface area (Å²) >= 11 is 0. The van der Waals surface area contributed by atoms with Gasteiger partial charge in [-0.25, -0.2) is 0 Å². The number of hydrogen-bond donors (Lipinski definition) is 2. The summed E-state index contributed by atoms with van der Waals surface area (Å²) in [7, 11) is -10.7. The average molecular weight is 404 g/mol. The van der Waals surface area contributed by atoms with Gasteiger partial charge in [-0.05, 0) is 12.1 Å². The fourth-order valence-corrected chi connectivity index (χ4v) is 3.06. The van der Waals surface area contributed by atoms with E-state index in [0.29, 0.717) is 5.56 Å². The van der Waals surface area contributed by atoms with E-state index < -0.39 is 33.1 Å². The molecular formula is C14H12O10S2. The standard InChI is InChI=1S/C14H12O10S2/c15-13(10-6-2-1-3-7-10)11-8-4-5-9-12(11)22-14(16)23-26(20,21)24-25(17,18)19/h1-9,14,16H,(H,17,18,19). The minimum Gasteiger partial charge on any atom is -0.440 e. The van der Waals surface area contributed by atoms with Crippen LogP contribution >= 0.6 is 0 Å². The number of benzene rings is 2. The maximum Gasteiger partial charge on any atom is 0.421 e. The quantitative estimate of drug-likeness (QED) is 0.364. The number of carbonyl (C=O) groups excluding carboxylic acids is 1. The summed E-state index contributed by atoms with van der Waals surface area (Å²) in [5.41, 5.74) is 0.288. The van der Waals surface area contributed by atoms with Gasteiger partial charge in [-0.1, -0.05) is 42.5 Å². The summed E-state index contributed by atoms with van der Waals surface area (Å²) in [6.07, 6.45) is 0. The van der Waals surface area contributed by atoms with Crippen molar-refractivity contribution in [3.63, 3.8) is 0 Å². The lowest BCUT2D eigenvalue weighted by Gasteiger charge is -2.15. The number of para-hydroxylation sites is 1. The number of rotatable bonds is 8. The second-order valence-corrected chi connectivity index (χ2v) is 7.03. The summed E-state index contributed by atoms with van der Waals surface area (Å²) in [5.74, 6) is -0.721. The van der Waals surface area contributed by atoms with Gasteiger partial charge in [0.15, 0.2) is 5.78 Å². The Bertz CT molecular complexity index is 983. The highest BCUT2D eigenvalue weighted by Gasteiger charge is 2.27. The van der Waals surface area contributed by atoms with Crippen LogP contribution in [0.25, 0.3) is 0 Å². The molecule has 0 heterocycles. The van der Waals surface area contributed by atoms with Gasteiger partial charge in [0.2, 0.25) is 0 Å². The molecule has 26 heavy (non-hydrogen) atoms. The molecule has 10 nitrogen and oxygen atoms in total. The van der Waals surface area contributed by atoms with Crippen molar-refractivity contribution in [3.8, 4) is 5.75 Å². The van der Waals surface area contributed by atoms with E-state index in [9.17, 15) is 26.7 Å². The molecule has 12 heteroatoms. The Balaban J connectivity index is 2.19. The lowest BCUT2D eigenvalue weighted by molar-refractivity contribution is -0.160. The normalized spacial score (nSPS) is 13.2. The third-order valence-electron chi connectivity index (χ3n) is 2.76. The fraction of sp³-hybridized carbons (Fsp3) is 0.0714. The molecule has 0 saturated carbocycles. The Morgan fingerprint density at radius 3 is 2.12 bits per heavy atom. The van der Waals surface area contributed by atoms with Gasteiger partial charge >= 0.3 is 27.3 Å². The van der Waals surface area contributed by atoms with Crippen molar-refractivity contribution >= 4 is 26.6 Å². The first-order chi connectivity index (χ1) is 12.1. The third-order valence-corrected chi connectivity index (χ3v) is 4.52. The smallest absolute Gasteiger partial charge is 0.421 e. The van der Waals surface area contributed by atoms with Crippen LogP contribution in [0.4, 0.5) is 0 Å². The van der Waals surface area contributed by atoms with Gasteiger partial charge in [0.05, 0.1) is 5.56 Å². The van der Waals surface area contributed by atoms with Crippen LogP contribution < -0.4 is 4.74 Å². The van der Waals surface area contributed by atoms with Crippen molar-refractivity contribution in [1.82, 2.24) is 0 Å². The molecule has 0 bridgehead atoms. The Morgan fingerprint density at radius 2 is 1.50 bits per heavy atom. The van der Waals surface area contributed by atoms with Crippen molar-refractivity contribution in [2.45, 2.75) is 6.48 Å². The second kappa shape index (κ2) is 7.90. The van der Waals surface area contributed by atoms with Crippen LogP contribution in [0, 0.1) is 0 Å². The van der Waals surface area contributed by atoms with Gasteiger partial charge in [-0.15, -0.1) is 3.63 Å². The van der Waals surface area contributed by atoms with E-state index >= 15 is 0 Å². The van der Waals surface area contributed by atoms with Crippen LogP contribution in [0.3, 0.4) is 0 Å². The average Bonchev–Trinajstić information content (AvgIpc) is 2.52. The molecule has 0 aromatic heterocycles. The minimum absolute atomic E-state index is 0.0190. The third kappa shape index (κ3) is 5.87. The molecule has 140 valence electrons. The number of ether oxygens (including phenoxy) is 1. The molecule has 0 fully saturated rings. The largest absolute Gasteiger partial charge is 0.440 e. The van der Waals surface area contributed by atoms with Crippen molar-refractivity contribution in [2.75, 3.05) is 0 Å². The van der Waals surface area contributed by atoms with Gasteiger partial charge in [0.1, 0.15) is 5.75 Å². The van der Waals surface area contributed by atoms with Crippen LogP contribution in [-0.4, -0.2) is 38.8 Å². The summed E-state index contributed by atoms with van der Waals surface area (Å²) in [6, 6.07) is 13.6. The Labute approximate surface area is 148 Å². The highest BCUT2D eigenvalue weighted by molar-refractivity contribution is 7.94. The van der Waals surface area contributed by atoms with E-state index in [1.165, 1.54) is 36.4 Å². The number of aliphatic hydroxyl groups excluding tert-OH is 1. The lowest BCUT2D eigenvalue weighted by atomic mass is 10.0. The molecule has 2 aromatic carbocycles. The van der Waals surface area contributed by atoms with E-state index in [1.54, 1.807) is 18.2 Å². The summed E-state index contributed by atoms with van der Waals surface area (Å²) < 4.78 is 63.5. The van der Waals surface area contributed by atoms with E-state index in [-0.39, 0.29) is 11.3 Å². The SMILES string of the molecule is O=C(c1ccccc1)c1ccccc1OC(O)OS(=O)(=O)OS(=O)(=O)O. The first kappa shape index (κ1) is 20.0. The number of hydrogen-bond acceptors (Lipinski definition) is 9. The minimum atomic E-state index is -5.39. The van der Waals surface area contributed by atoms with Crippen LogP contribution in [0.1, 0.15) is 15.9 Å². The zero-order chi connectivity index (χ0) is 19.4. The van der Waals surface area contributed by atoms with Gasteiger partial charge in [-0.3, -0.25) is 9.35 Å². The zero-order valence-corrected chi connectivity index (χ0v) is 14.4. The number of ketones is 1. The lowest BCUT2D eigenvalue weighted by Crippen LogP contribution is -2.27. The molecule has 2 aromatic rings. The van der Waals surface area contributed by atoms with E-state index in [2.05, 4.69) is 7.81 Å². The van der Waals surface area contributed by atoms with E-state index in [0.717, 1.165) is 0 Å². The molecule has 0 aliphatic carbocycles. The molecule has 0 aliphatic rings. The highest BCUT2D eigenvalue weighted by Crippen LogP contribution is 2.23. The van der Waals surface area contributed by atoms with Crippen LogP contribution in [0.2, 0.25) is 0 Å². The molecule has 0 spiro atoms. The van der Waals surface area contributed by atoms with Crippen LogP contribution in [-0.2, 0) is 28.6 Å².